The SMILES string of the molecule is Cc1cc(NCCC(=O)N2CCCC2)ccn1. The second-order valence-electron chi connectivity index (χ2n) is 4.45. The first-order valence-electron chi connectivity index (χ1n) is 6.20. The van der Waals surface area contributed by atoms with E-state index in [1.165, 1.54) is 0 Å². The molecule has 0 unspecified atom stereocenters. The lowest BCUT2D eigenvalue weighted by molar-refractivity contribution is -0.129. The first-order valence-corrected chi connectivity index (χ1v) is 6.20. The molecule has 1 fully saturated rings. The number of carbonyl (C=O) groups is 1. The average molecular weight is 233 g/mol. The number of amides is 1. The lowest BCUT2D eigenvalue weighted by atomic mass is 10.3. The van der Waals surface area contributed by atoms with Gasteiger partial charge >= 0.3 is 0 Å². The third-order valence-electron chi connectivity index (χ3n) is 3.02. The predicted molar refractivity (Wildman–Crippen MR) is 67.9 cm³/mol. The molecule has 1 aromatic rings. The topological polar surface area (TPSA) is 45.2 Å². The molecular weight excluding hydrogens is 214 g/mol. The molecule has 1 N–H and O–H groups in total. The maximum absolute atomic E-state index is 11.8. The maximum atomic E-state index is 11.8. The summed E-state index contributed by atoms with van der Waals surface area (Å²) >= 11 is 0. The number of rotatable bonds is 4. The summed E-state index contributed by atoms with van der Waals surface area (Å²) in [6, 6.07) is 3.91. The summed E-state index contributed by atoms with van der Waals surface area (Å²) in [7, 11) is 0. The van der Waals surface area contributed by atoms with Crippen molar-refractivity contribution in [3.05, 3.63) is 24.0 Å². The molecule has 0 aliphatic carbocycles. The van der Waals surface area contributed by atoms with Gasteiger partial charge < -0.3 is 10.2 Å². The molecule has 2 heterocycles. The van der Waals surface area contributed by atoms with Crippen LogP contribution in [-0.2, 0) is 4.79 Å². The number of anilines is 1. The van der Waals surface area contributed by atoms with Gasteiger partial charge in [0.25, 0.3) is 0 Å². The highest BCUT2D eigenvalue weighted by molar-refractivity contribution is 5.77. The van der Waals surface area contributed by atoms with Gasteiger partial charge in [-0.3, -0.25) is 9.78 Å². The quantitative estimate of drug-likeness (QED) is 0.862. The molecule has 0 spiro atoms. The maximum Gasteiger partial charge on any atom is 0.224 e. The van der Waals surface area contributed by atoms with Crippen LogP contribution in [0.3, 0.4) is 0 Å². The summed E-state index contributed by atoms with van der Waals surface area (Å²) in [5, 5.41) is 3.25. The van der Waals surface area contributed by atoms with Gasteiger partial charge in [0.1, 0.15) is 0 Å². The molecule has 1 aromatic heterocycles. The van der Waals surface area contributed by atoms with E-state index in [2.05, 4.69) is 10.3 Å². The third kappa shape index (κ3) is 3.44. The van der Waals surface area contributed by atoms with Crippen LogP contribution in [-0.4, -0.2) is 35.4 Å². The van der Waals surface area contributed by atoms with Crippen molar-refractivity contribution in [2.45, 2.75) is 26.2 Å². The van der Waals surface area contributed by atoms with Gasteiger partial charge in [0, 0.05) is 43.6 Å². The van der Waals surface area contributed by atoms with Crippen LogP contribution in [0.4, 0.5) is 5.69 Å². The van der Waals surface area contributed by atoms with E-state index >= 15 is 0 Å². The Kier molecular flexibility index (Phi) is 3.96. The number of pyridine rings is 1. The fourth-order valence-electron chi connectivity index (χ4n) is 2.09. The van der Waals surface area contributed by atoms with Crippen molar-refractivity contribution >= 4 is 11.6 Å². The molecule has 0 atom stereocenters. The van der Waals surface area contributed by atoms with E-state index in [4.69, 9.17) is 0 Å². The molecule has 2 rings (SSSR count). The van der Waals surface area contributed by atoms with Crippen molar-refractivity contribution in [3.8, 4) is 0 Å². The first kappa shape index (κ1) is 11.9. The Bertz CT molecular complexity index is 386. The number of hydrogen-bond acceptors (Lipinski definition) is 3. The number of likely N-dealkylation sites (tertiary alicyclic amines) is 1. The van der Waals surface area contributed by atoms with E-state index in [0.29, 0.717) is 13.0 Å². The molecule has 92 valence electrons. The Morgan fingerprint density at radius 1 is 1.47 bits per heavy atom. The van der Waals surface area contributed by atoms with Crippen LogP contribution < -0.4 is 5.32 Å². The van der Waals surface area contributed by atoms with Gasteiger partial charge in [-0.25, -0.2) is 0 Å². The van der Waals surface area contributed by atoms with Gasteiger partial charge in [0.15, 0.2) is 0 Å². The minimum Gasteiger partial charge on any atom is -0.384 e. The van der Waals surface area contributed by atoms with E-state index in [9.17, 15) is 4.79 Å². The summed E-state index contributed by atoms with van der Waals surface area (Å²) in [6.45, 7) is 4.53. The van der Waals surface area contributed by atoms with E-state index in [0.717, 1.165) is 37.3 Å². The van der Waals surface area contributed by atoms with Crippen molar-refractivity contribution < 1.29 is 4.79 Å². The van der Waals surface area contributed by atoms with Crippen molar-refractivity contribution in [1.29, 1.82) is 0 Å². The molecule has 0 bridgehead atoms. The Morgan fingerprint density at radius 3 is 2.94 bits per heavy atom. The minimum atomic E-state index is 0.265. The smallest absolute Gasteiger partial charge is 0.224 e. The molecular formula is C13H19N3O. The molecule has 1 amide bonds. The summed E-state index contributed by atoms with van der Waals surface area (Å²) in [4.78, 5) is 17.9. The van der Waals surface area contributed by atoms with Crippen LogP contribution in [0.5, 0.6) is 0 Å². The Balaban J connectivity index is 1.73. The van der Waals surface area contributed by atoms with Gasteiger partial charge in [-0.2, -0.15) is 0 Å². The highest BCUT2D eigenvalue weighted by Crippen LogP contribution is 2.10. The van der Waals surface area contributed by atoms with Crippen LogP contribution in [0, 0.1) is 6.92 Å². The van der Waals surface area contributed by atoms with E-state index in [1.54, 1.807) is 6.20 Å². The van der Waals surface area contributed by atoms with Gasteiger partial charge in [0.05, 0.1) is 0 Å². The van der Waals surface area contributed by atoms with E-state index < -0.39 is 0 Å². The average Bonchev–Trinajstić information content (AvgIpc) is 2.82. The molecule has 4 nitrogen and oxygen atoms in total. The van der Waals surface area contributed by atoms with Crippen LogP contribution in [0.15, 0.2) is 18.3 Å². The van der Waals surface area contributed by atoms with Crippen molar-refractivity contribution in [3.63, 3.8) is 0 Å². The summed E-state index contributed by atoms with van der Waals surface area (Å²) in [5.74, 6) is 0.265. The van der Waals surface area contributed by atoms with Crippen molar-refractivity contribution in [2.24, 2.45) is 0 Å². The van der Waals surface area contributed by atoms with Crippen molar-refractivity contribution in [2.75, 3.05) is 25.0 Å². The number of aromatic nitrogens is 1. The molecule has 17 heavy (non-hydrogen) atoms. The van der Waals surface area contributed by atoms with Crippen LogP contribution in [0.2, 0.25) is 0 Å². The lowest BCUT2D eigenvalue weighted by Gasteiger charge is -2.15. The number of aryl methyl sites for hydroxylation is 1. The number of nitrogens with one attached hydrogen (secondary N) is 1. The van der Waals surface area contributed by atoms with Crippen LogP contribution in [0.25, 0.3) is 0 Å². The lowest BCUT2D eigenvalue weighted by Crippen LogP contribution is -2.29. The van der Waals surface area contributed by atoms with Crippen LogP contribution in [0.1, 0.15) is 25.0 Å². The molecule has 1 aliphatic rings. The molecule has 0 radical (unpaired) electrons. The largest absolute Gasteiger partial charge is 0.384 e. The monoisotopic (exact) mass is 233 g/mol. The fourth-order valence-corrected chi connectivity index (χ4v) is 2.09. The highest BCUT2D eigenvalue weighted by Gasteiger charge is 2.16. The number of carbonyl (C=O) groups excluding carboxylic acids is 1. The zero-order valence-corrected chi connectivity index (χ0v) is 10.3. The van der Waals surface area contributed by atoms with Gasteiger partial charge in [0.2, 0.25) is 5.91 Å². The minimum absolute atomic E-state index is 0.265. The summed E-state index contributed by atoms with van der Waals surface area (Å²) in [6.07, 6.45) is 4.66. The first-order chi connectivity index (χ1) is 8.25. The molecule has 0 aromatic carbocycles. The summed E-state index contributed by atoms with van der Waals surface area (Å²) < 4.78 is 0. The Labute approximate surface area is 102 Å². The Morgan fingerprint density at radius 2 is 2.24 bits per heavy atom. The fraction of sp³-hybridized carbons (Fsp3) is 0.538. The van der Waals surface area contributed by atoms with Gasteiger partial charge in [-0.15, -0.1) is 0 Å². The highest BCUT2D eigenvalue weighted by atomic mass is 16.2. The number of hydrogen-bond donors (Lipinski definition) is 1. The summed E-state index contributed by atoms with van der Waals surface area (Å²) in [5.41, 5.74) is 2.02. The second kappa shape index (κ2) is 5.66. The van der Waals surface area contributed by atoms with Gasteiger partial charge in [-0.05, 0) is 31.9 Å². The van der Waals surface area contributed by atoms with Crippen molar-refractivity contribution in [1.82, 2.24) is 9.88 Å². The van der Waals surface area contributed by atoms with E-state index in [-0.39, 0.29) is 5.91 Å². The molecule has 0 saturated carbocycles. The molecule has 1 aliphatic heterocycles. The molecule has 1 saturated heterocycles. The van der Waals surface area contributed by atoms with E-state index in [1.807, 2.05) is 24.0 Å². The molecule has 4 heteroatoms. The zero-order chi connectivity index (χ0) is 12.1. The third-order valence-corrected chi connectivity index (χ3v) is 3.02. The predicted octanol–water partition coefficient (Wildman–Crippen LogP) is 1.81. The normalized spacial score (nSPS) is 15.0. The van der Waals surface area contributed by atoms with Crippen LogP contribution >= 0.6 is 0 Å². The Hall–Kier alpha value is -1.58. The zero-order valence-electron chi connectivity index (χ0n) is 10.3. The second-order valence-corrected chi connectivity index (χ2v) is 4.45. The number of nitrogens with zero attached hydrogens (tertiary/aromatic N) is 2. The van der Waals surface area contributed by atoms with Gasteiger partial charge in [-0.1, -0.05) is 0 Å². The standard InChI is InChI=1S/C13H19N3O/c1-11-10-12(4-6-14-11)15-7-5-13(17)16-8-2-3-9-16/h4,6,10H,2-3,5,7-9H2,1H3,(H,14,15).